The van der Waals surface area contributed by atoms with Gasteiger partial charge in [0.05, 0.1) is 12.2 Å². The minimum absolute atomic E-state index is 0. The Morgan fingerprint density at radius 2 is 1.50 bits per heavy atom. The molecule has 2 rings (SSSR count). The normalized spacial score (nSPS) is 28.3. The van der Waals surface area contributed by atoms with Gasteiger partial charge < -0.3 is 27.0 Å². The first-order valence-electron chi connectivity index (χ1n) is 5.19. The summed E-state index contributed by atoms with van der Waals surface area (Å²) in [5.74, 6) is 0.869. The fraction of sp³-hybridized carbons (Fsp3) is 0.909. The molecule has 3 N–H and O–H groups in total. The summed E-state index contributed by atoms with van der Waals surface area (Å²) in [5, 5.41) is 21.0. The van der Waals surface area contributed by atoms with E-state index in [1.807, 2.05) is 0 Å². The van der Waals surface area contributed by atoms with Crippen LogP contribution in [0.3, 0.4) is 0 Å². The summed E-state index contributed by atoms with van der Waals surface area (Å²) in [5.41, 5.74) is 0. The summed E-state index contributed by atoms with van der Waals surface area (Å²) in [7, 11) is 3.00. The van der Waals surface area contributed by atoms with Gasteiger partial charge >= 0.3 is 0 Å². The fourth-order valence-electron chi connectivity index (χ4n) is 1.75. The monoisotopic (exact) mass is 311 g/mol. The largest absolute Gasteiger partial charge is 0.400 e. The summed E-state index contributed by atoms with van der Waals surface area (Å²) in [6.07, 6.45) is 6.34. The molecule has 2 fully saturated rings. The van der Waals surface area contributed by atoms with E-state index in [1.165, 1.54) is 19.3 Å². The van der Waals surface area contributed by atoms with Crippen LogP contribution in [-0.4, -0.2) is 48.9 Å². The standard InChI is InChI=1S/C8H13O.3CH4O.Zr/c1-2-6-3-4-7-8(5-6)9-7;3*1-2;/h6-8H,1-5H2;3*2H,1H3;/q-1;;;;. The summed E-state index contributed by atoms with van der Waals surface area (Å²) in [6, 6.07) is 0. The van der Waals surface area contributed by atoms with E-state index in [1.54, 1.807) is 0 Å². The van der Waals surface area contributed by atoms with Crippen molar-refractivity contribution < 1.29 is 46.3 Å². The molecule has 0 spiro atoms. The predicted molar refractivity (Wildman–Crippen MR) is 60.4 cm³/mol. The zero-order chi connectivity index (χ0) is 12.3. The molecule has 1 aliphatic heterocycles. The van der Waals surface area contributed by atoms with Crippen molar-refractivity contribution in [2.75, 3.05) is 21.3 Å². The Balaban J connectivity index is -0.000000214. The molecule has 0 amide bonds. The molecule has 3 unspecified atom stereocenters. The molecule has 0 aromatic heterocycles. The Morgan fingerprint density at radius 1 is 1.00 bits per heavy atom. The number of epoxide rings is 1. The van der Waals surface area contributed by atoms with Gasteiger partial charge in [-0.3, -0.25) is 0 Å². The molecule has 5 heteroatoms. The SMILES string of the molecule is CO.CO.CO.[CH2-]CC1CCC2OC2C1.[Zr]. The van der Waals surface area contributed by atoms with Crippen LogP contribution >= 0.6 is 0 Å². The molecule has 4 nitrogen and oxygen atoms in total. The zero-order valence-electron chi connectivity index (χ0n) is 10.5. The average Bonchev–Trinajstić information content (AvgIpc) is 3.14. The first-order chi connectivity index (χ1) is 7.40. The summed E-state index contributed by atoms with van der Waals surface area (Å²) >= 11 is 0. The van der Waals surface area contributed by atoms with Gasteiger partial charge in [0.2, 0.25) is 0 Å². The third-order valence-corrected chi connectivity index (χ3v) is 2.52. The van der Waals surface area contributed by atoms with Gasteiger partial charge in [0.1, 0.15) is 0 Å². The predicted octanol–water partition coefficient (Wildman–Crippen LogP) is 0.601. The summed E-state index contributed by atoms with van der Waals surface area (Å²) < 4.78 is 5.38. The van der Waals surface area contributed by atoms with Gasteiger partial charge in [0.25, 0.3) is 0 Å². The van der Waals surface area contributed by atoms with E-state index < -0.39 is 0 Å². The van der Waals surface area contributed by atoms with Crippen LogP contribution in [-0.2, 0) is 30.9 Å². The van der Waals surface area contributed by atoms with E-state index in [0.717, 1.165) is 33.7 Å². The number of aliphatic hydroxyl groups is 3. The van der Waals surface area contributed by atoms with Crippen LogP contribution in [0, 0.1) is 12.8 Å². The van der Waals surface area contributed by atoms with Crippen molar-refractivity contribution >= 4 is 0 Å². The summed E-state index contributed by atoms with van der Waals surface area (Å²) in [4.78, 5) is 0. The van der Waals surface area contributed by atoms with Crippen LogP contribution in [0.4, 0.5) is 0 Å². The topological polar surface area (TPSA) is 73.2 Å². The molecule has 2 aliphatic rings. The Labute approximate surface area is 118 Å². The van der Waals surface area contributed by atoms with Gasteiger partial charge in [-0.15, -0.1) is 0 Å². The number of hydrogen-bond donors (Lipinski definition) is 3. The maximum absolute atomic E-state index is 7.00. The molecule has 1 aliphatic carbocycles. The van der Waals surface area contributed by atoms with E-state index in [4.69, 9.17) is 20.1 Å². The van der Waals surface area contributed by atoms with Crippen LogP contribution in [0.1, 0.15) is 25.7 Å². The van der Waals surface area contributed by atoms with Gasteiger partial charge in [-0.2, -0.15) is 6.42 Å². The Hall–Kier alpha value is 0.723. The number of fused-ring (bicyclic) bond motifs is 1. The number of ether oxygens (including phenoxy) is 1. The fourth-order valence-corrected chi connectivity index (χ4v) is 1.75. The molecule has 0 aromatic rings. The van der Waals surface area contributed by atoms with Crippen molar-refractivity contribution in [3.63, 3.8) is 0 Å². The van der Waals surface area contributed by atoms with Crippen LogP contribution in [0.5, 0.6) is 0 Å². The second kappa shape index (κ2) is 15.7. The van der Waals surface area contributed by atoms with Crippen molar-refractivity contribution in [3.05, 3.63) is 6.92 Å². The molecule has 0 bridgehead atoms. The van der Waals surface area contributed by atoms with Crippen LogP contribution < -0.4 is 0 Å². The molecular formula is C11H25O4Zr-. The molecule has 1 saturated heterocycles. The minimum Gasteiger partial charge on any atom is -0.400 e. The molecule has 3 atom stereocenters. The van der Waals surface area contributed by atoms with E-state index in [-0.39, 0.29) is 26.2 Å². The van der Waals surface area contributed by atoms with E-state index in [0.29, 0.717) is 12.2 Å². The number of rotatable bonds is 1. The van der Waals surface area contributed by atoms with Crippen LogP contribution in [0.15, 0.2) is 0 Å². The Morgan fingerprint density at radius 3 is 1.88 bits per heavy atom. The van der Waals surface area contributed by atoms with Crippen LogP contribution in [0.2, 0.25) is 0 Å². The van der Waals surface area contributed by atoms with Crippen molar-refractivity contribution in [3.8, 4) is 0 Å². The maximum atomic E-state index is 7.00. The van der Waals surface area contributed by atoms with Crippen molar-refractivity contribution in [2.45, 2.75) is 37.9 Å². The first kappa shape index (κ1) is 22.0. The van der Waals surface area contributed by atoms with Gasteiger partial charge in [0, 0.05) is 47.5 Å². The first-order valence-corrected chi connectivity index (χ1v) is 5.19. The smallest absolute Gasteiger partial charge is 0.0843 e. The van der Waals surface area contributed by atoms with Gasteiger partial charge in [0.15, 0.2) is 0 Å². The molecule has 0 aromatic carbocycles. The van der Waals surface area contributed by atoms with Gasteiger partial charge in [-0.25, -0.2) is 0 Å². The molecular weight excluding hydrogens is 287 g/mol. The third kappa shape index (κ3) is 8.83. The quantitative estimate of drug-likeness (QED) is 0.490. The summed E-state index contributed by atoms with van der Waals surface area (Å²) in [6.45, 7) is 3.91. The second-order valence-electron chi connectivity index (χ2n) is 3.18. The minimum atomic E-state index is 0. The molecule has 16 heavy (non-hydrogen) atoms. The zero-order valence-corrected chi connectivity index (χ0v) is 13.0. The molecule has 0 radical (unpaired) electrons. The Bertz CT molecular complexity index is 125. The van der Waals surface area contributed by atoms with Gasteiger partial charge in [-0.05, 0) is 12.8 Å². The van der Waals surface area contributed by atoms with Crippen LogP contribution in [0.25, 0.3) is 0 Å². The van der Waals surface area contributed by atoms with E-state index in [2.05, 4.69) is 6.92 Å². The molecule has 98 valence electrons. The Kier molecular flexibility index (Phi) is 21.6. The van der Waals surface area contributed by atoms with Gasteiger partial charge in [-0.1, -0.05) is 12.3 Å². The molecule has 1 saturated carbocycles. The third-order valence-electron chi connectivity index (χ3n) is 2.52. The van der Waals surface area contributed by atoms with Crippen molar-refractivity contribution in [1.29, 1.82) is 0 Å². The number of aliphatic hydroxyl groups excluding tert-OH is 3. The van der Waals surface area contributed by atoms with Crippen molar-refractivity contribution in [2.24, 2.45) is 5.92 Å². The average molecular weight is 313 g/mol. The van der Waals surface area contributed by atoms with E-state index >= 15 is 0 Å². The van der Waals surface area contributed by atoms with E-state index in [9.17, 15) is 0 Å². The molecule has 1 heterocycles. The second-order valence-corrected chi connectivity index (χ2v) is 3.18. The maximum Gasteiger partial charge on any atom is 0.0843 e. The number of hydrogen-bond acceptors (Lipinski definition) is 4. The van der Waals surface area contributed by atoms with Crippen molar-refractivity contribution in [1.82, 2.24) is 0 Å².